The lowest BCUT2D eigenvalue weighted by atomic mass is 9.53. The van der Waals surface area contributed by atoms with E-state index in [1.54, 1.807) is 5.57 Å². The molecule has 0 saturated heterocycles. The van der Waals surface area contributed by atoms with Gasteiger partial charge in [-0.3, -0.25) is 4.79 Å². The van der Waals surface area contributed by atoms with Crippen molar-refractivity contribution in [2.75, 3.05) is 25.7 Å². The third-order valence-electron chi connectivity index (χ3n) is 9.35. The molecule has 2 saturated carbocycles. The summed E-state index contributed by atoms with van der Waals surface area (Å²) < 4.78 is 0. The number of anilines is 1. The Kier molecular flexibility index (Phi) is 17.4. The number of hydrogen-bond acceptors (Lipinski definition) is 3. The van der Waals surface area contributed by atoms with Crippen molar-refractivity contribution in [3.8, 4) is 0 Å². The maximum Gasteiger partial charge on any atom is 0.365 e. The number of benzene rings is 1. The van der Waals surface area contributed by atoms with Gasteiger partial charge in [-0.15, -0.1) is 0 Å². The fraction of sp³-hybridized carbons (Fsp3) is 0.645. The third kappa shape index (κ3) is 6.85. The van der Waals surface area contributed by atoms with Crippen molar-refractivity contribution >= 4 is 67.3 Å². The van der Waals surface area contributed by atoms with E-state index in [0.29, 0.717) is 18.3 Å². The Hall–Kier alpha value is -0.325. The van der Waals surface area contributed by atoms with Gasteiger partial charge < -0.3 is 10.0 Å². The van der Waals surface area contributed by atoms with Crippen LogP contribution in [-0.4, -0.2) is 44.6 Å². The van der Waals surface area contributed by atoms with Gasteiger partial charge in [-0.2, -0.15) is 40.5 Å². The molecule has 0 bridgehead atoms. The fourth-order valence-corrected chi connectivity index (χ4v) is 9.34. The summed E-state index contributed by atoms with van der Waals surface area (Å²) in [6.07, 6.45) is 8.40. The molecule has 8 heteroatoms. The van der Waals surface area contributed by atoms with Crippen molar-refractivity contribution in [2.24, 2.45) is 17.3 Å². The average Bonchev–Trinajstić information content (AvgIpc) is 3.04. The maximum atomic E-state index is 12.2. The molecule has 2 radical (unpaired) electrons. The van der Waals surface area contributed by atoms with E-state index < -0.39 is 13.1 Å². The fourth-order valence-electron chi connectivity index (χ4n) is 7.62. The van der Waals surface area contributed by atoms with Crippen LogP contribution in [0.3, 0.4) is 0 Å². The Morgan fingerprint density at radius 2 is 1.56 bits per heavy atom. The number of fused-ring (bicyclic) bond motifs is 4. The van der Waals surface area contributed by atoms with Gasteiger partial charge in [0.05, 0.1) is 0 Å². The zero-order chi connectivity index (χ0) is 22.8. The second-order valence-corrected chi connectivity index (χ2v) is 13.3. The topological polar surface area (TPSA) is 40.5 Å². The van der Waals surface area contributed by atoms with Crippen LogP contribution in [0, 0.1) is 17.3 Å². The second kappa shape index (κ2) is 15.8. The highest BCUT2D eigenvalue weighted by atomic mass is 32.1. The molecular formula is C31H58BNO2PS3+. The van der Waals surface area contributed by atoms with Crippen molar-refractivity contribution in [3.63, 3.8) is 0 Å². The van der Waals surface area contributed by atoms with Gasteiger partial charge in [0.25, 0.3) is 0 Å². The molecular weight excluding hydrogens is 556 g/mol. The largest absolute Gasteiger partial charge is 0.378 e. The van der Waals surface area contributed by atoms with E-state index in [4.69, 9.17) is 7.57 Å². The minimum atomic E-state index is -1.35. The van der Waals surface area contributed by atoms with Crippen LogP contribution in [0.25, 0.3) is 0 Å². The molecule has 0 heterocycles. The Labute approximate surface area is 264 Å². The molecule has 5 rings (SSSR count). The normalized spacial score (nSPS) is 30.6. The molecule has 0 spiro atoms. The first kappa shape index (κ1) is 43.1. The van der Waals surface area contributed by atoms with E-state index in [2.05, 4.69) is 56.8 Å². The van der Waals surface area contributed by atoms with E-state index >= 15 is 0 Å². The second-order valence-electron chi connectivity index (χ2n) is 11.1. The number of aliphatic hydroxyl groups is 1. The van der Waals surface area contributed by atoms with Crippen LogP contribution < -0.4 is 4.90 Å². The Bertz CT molecular complexity index is 1010. The van der Waals surface area contributed by atoms with Gasteiger partial charge in [0, 0.05) is 50.6 Å². The van der Waals surface area contributed by atoms with Gasteiger partial charge in [0.15, 0.2) is 11.1 Å². The summed E-state index contributed by atoms with van der Waals surface area (Å²) in [6.45, 7) is 4.42. The number of hydrogen-bond donors (Lipinski definition) is 1. The van der Waals surface area contributed by atoms with Crippen LogP contribution in [0.4, 0.5) is 5.69 Å². The number of carbonyl (C=O) groups is 1. The first-order valence-electron chi connectivity index (χ1n) is 12.2. The molecule has 6 atom stereocenters. The summed E-state index contributed by atoms with van der Waals surface area (Å²) in [7, 11) is 9.33. The van der Waals surface area contributed by atoms with Gasteiger partial charge in [-0.05, 0) is 86.7 Å². The quantitative estimate of drug-likeness (QED) is 0.276. The van der Waals surface area contributed by atoms with E-state index in [0.717, 1.165) is 38.5 Å². The van der Waals surface area contributed by atoms with Gasteiger partial charge in [-0.1, -0.05) is 54.3 Å². The van der Waals surface area contributed by atoms with Crippen molar-refractivity contribution in [2.45, 2.75) is 92.8 Å². The first-order chi connectivity index (χ1) is 15.2. The van der Waals surface area contributed by atoms with Crippen LogP contribution in [0.15, 0.2) is 47.1 Å². The van der Waals surface area contributed by atoms with E-state index in [1.807, 2.05) is 6.08 Å². The molecule has 1 unspecified atom stereocenters. The molecule has 1 aromatic rings. The number of allylic oxidation sites excluding steroid dienone is 4. The lowest BCUT2D eigenvalue weighted by molar-refractivity contribution is -0.114. The number of ketones is 1. The smallest absolute Gasteiger partial charge is 0.365 e. The molecule has 0 amide bonds. The highest BCUT2D eigenvalue weighted by Gasteiger charge is 2.66. The Morgan fingerprint density at radius 3 is 2.10 bits per heavy atom. The summed E-state index contributed by atoms with van der Waals surface area (Å²) in [5.74, 6) is 1.54. The predicted molar refractivity (Wildman–Crippen MR) is 194 cm³/mol. The molecule has 4 aliphatic rings. The molecule has 0 aliphatic heterocycles. The molecule has 0 aromatic heterocycles. The maximum absolute atomic E-state index is 12.2. The SMILES string of the molecule is C.C.C.C.S.S.S.[B][PH+](C)[C@]1(O)CC[C@H]2[C@@H]3CCC4=CC(=O)CCC4=C3[C@@H](c3ccc(N(C)C)cc3)C[C@@]21C. The molecule has 39 heavy (non-hydrogen) atoms. The van der Waals surface area contributed by atoms with E-state index in [-0.39, 0.29) is 87.3 Å². The monoisotopic (exact) mass is 614 g/mol. The summed E-state index contributed by atoms with van der Waals surface area (Å²) in [5, 5.41) is 11.2. The van der Waals surface area contributed by atoms with Crippen molar-refractivity contribution < 1.29 is 9.90 Å². The van der Waals surface area contributed by atoms with Crippen molar-refractivity contribution in [3.05, 3.63) is 52.6 Å². The number of carbonyl (C=O) groups excluding carboxylic acids is 1. The van der Waals surface area contributed by atoms with Crippen LogP contribution in [0.5, 0.6) is 0 Å². The van der Waals surface area contributed by atoms with Crippen molar-refractivity contribution in [1.29, 1.82) is 0 Å². The van der Waals surface area contributed by atoms with E-state index in [9.17, 15) is 9.90 Å². The lowest BCUT2D eigenvalue weighted by Crippen LogP contribution is -2.50. The summed E-state index contributed by atoms with van der Waals surface area (Å²) in [6, 6.07) is 9.00. The van der Waals surface area contributed by atoms with Crippen LogP contribution in [-0.2, 0) is 4.79 Å². The molecule has 4 aliphatic carbocycles. The molecule has 224 valence electrons. The van der Waals surface area contributed by atoms with Crippen LogP contribution in [0.1, 0.15) is 93.1 Å². The summed E-state index contributed by atoms with van der Waals surface area (Å²) in [4.78, 5) is 14.3. The molecule has 2 fully saturated rings. The van der Waals surface area contributed by atoms with Gasteiger partial charge in [0.1, 0.15) is 0 Å². The predicted octanol–water partition coefficient (Wildman–Crippen LogP) is 8.15. The Balaban J connectivity index is -0.00000185. The zero-order valence-corrected chi connectivity index (χ0v) is 25.4. The van der Waals surface area contributed by atoms with Crippen molar-refractivity contribution in [1.82, 2.24) is 0 Å². The summed E-state index contributed by atoms with van der Waals surface area (Å²) >= 11 is 0. The van der Waals surface area contributed by atoms with Gasteiger partial charge in [-0.25, -0.2) is 0 Å². The highest BCUT2D eigenvalue weighted by molar-refractivity contribution is 7.82. The first-order valence-corrected chi connectivity index (χ1v) is 14.3. The summed E-state index contributed by atoms with van der Waals surface area (Å²) in [5.41, 5.74) is 6.73. The van der Waals surface area contributed by atoms with Crippen LogP contribution >= 0.6 is 48.3 Å². The Morgan fingerprint density at radius 1 is 0.974 bits per heavy atom. The number of nitrogens with zero attached hydrogens (tertiary/aromatic N) is 1. The highest BCUT2D eigenvalue weighted by Crippen LogP contribution is 2.72. The molecule has 3 nitrogen and oxygen atoms in total. The molecule has 1 aromatic carbocycles. The minimum Gasteiger partial charge on any atom is -0.378 e. The standard InChI is InChI=1S/C27H36BNO2P.4CH4.3H2S/c1-26-16-23(17-5-8-19(9-6-17)29(2)3)25-21-12-10-20(30)15-18(21)7-11-22(25)24(26)13-14-27(26,31)32(4)28;;;;;;;/h5-6,8-9,15,22-24,31-32H,7,10-14,16H2,1-4H3;4*1H4;3*1H2/q+1;;;;;;;/t22-,23+,24-,26-,27+;;;;;;;/m0......./s1. The van der Waals surface area contributed by atoms with Crippen LogP contribution in [0.2, 0.25) is 0 Å². The number of rotatable bonds is 3. The molecule has 1 N–H and O–H groups in total. The lowest BCUT2D eigenvalue weighted by Gasteiger charge is -2.54. The zero-order valence-electron chi connectivity index (χ0n) is 21.4. The minimum absolute atomic E-state index is 0. The average molecular weight is 615 g/mol. The van der Waals surface area contributed by atoms with Gasteiger partial charge in [0.2, 0.25) is 0 Å². The van der Waals surface area contributed by atoms with E-state index in [1.165, 1.54) is 22.4 Å². The third-order valence-corrected chi connectivity index (χ3v) is 11.5. The van der Waals surface area contributed by atoms with Gasteiger partial charge >= 0.3 is 7.57 Å².